The number of carbonyl (C=O) groups is 2. The maximum Gasteiger partial charge on any atom is 0.291 e. The number of anilines is 2. The highest BCUT2D eigenvalue weighted by Gasteiger charge is 2.12. The SMILES string of the molecule is O=C(Cc1ccccc1)Nc1cc(NC(=O)c2ccco2)ccc1F. The molecule has 0 saturated carbocycles. The highest BCUT2D eigenvalue weighted by Crippen LogP contribution is 2.20. The van der Waals surface area contributed by atoms with Crippen molar-refractivity contribution in [3.05, 3.63) is 84.1 Å². The second kappa shape index (κ2) is 7.44. The summed E-state index contributed by atoms with van der Waals surface area (Å²) in [6, 6.07) is 16.2. The molecular weight excluding hydrogens is 323 g/mol. The zero-order chi connectivity index (χ0) is 17.6. The molecule has 2 aromatic carbocycles. The van der Waals surface area contributed by atoms with E-state index in [1.165, 1.54) is 30.5 Å². The Labute approximate surface area is 143 Å². The van der Waals surface area contributed by atoms with E-state index in [1.807, 2.05) is 30.3 Å². The number of amides is 2. The van der Waals surface area contributed by atoms with Gasteiger partial charge in [-0.1, -0.05) is 30.3 Å². The minimum atomic E-state index is -0.586. The molecule has 0 saturated heterocycles. The van der Waals surface area contributed by atoms with E-state index in [0.717, 1.165) is 5.56 Å². The molecular formula is C19H15FN2O3. The molecule has 0 atom stereocenters. The zero-order valence-corrected chi connectivity index (χ0v) is 13.2. The van der Waals surface area contributed by atoms with Gasteiger partial charge in [-0.2, -0.15) is 0 Å². The zero-order valence-electron chi connectivity index (χ0n) is 13.2. The minimum Gasteiger partial charge on any atom is -0.459 e. The van der Waals surface area contributed by atoms with Gasteiger partial charge >= 0.3 is 0 Å². The summed E-state index contributed by atoms with van der Waals surface area (Å²) in [6.45, 7) is 0. The molecule has 3 aromatic rings. The van der Waals surface area contributed by atoms with Crippen molar-refractivity contribution in [2.24, 2.45) is 0 Å². The number of furan rings is 1. The molecule has 5 nitrogen and oxygen atoms in total. The van der Waals surface area contributed by atoms with Crippen molar-refractivity contribution in [3.8, 4) is 0 Å². The van der Waals surface area contributed by atoms with Gasteiger partial charge in [-0.3, -0.25) is 9.59 Å². The van der Waals surface area contributed by atoms with Crippen LogP contribution >= 0.6 is 0 Å². The molecule has 1 aromatic heterocycles. The van der Waals surface area contributed by atoms with Gasteiger partial charge in [0.25, 0.3) is 5.91 Å². The molecule has 0 radical (unpaired) electrons. The lowest BCUT2D eigenvalue weighted by atomic mass is 10.1. The number of nitrogens with one attached hydrogen (secondary N) is 2. The molecule has 2 N–H and O–H groups in total. The average molecular weight is 338 g/mol. The Balaban J connectivity index is 1.69. The first-order chi connectivity index (χ1) is 12.1. The molecule has 0 fully saturated rings. The molecule has 0 aliphatic carbocycles. The van der Waals surface area contributed by atoms with Gasteiger partial charge in [0.05, 0.1) is 18.4 Å². The van der Waals surface area contributed by atoms with Crippen molar-refractivity contribution in [3.63, 3.8) is 0 Å². The van der Waals surface area contributed by atoms with Crippen LogP contribution in [0.5, 0.6) is 0 Å². The van der Waals surface area contributed by atoms with Crippen molar-refractivity contribution in [1.29, 1.82) is 0 Å². The summed E-state index contributed by atoms with van der Waals surface area (Å²) in [5, 5.41) is 5.10. The van der Waals surface area contributed by atoms with Crippen LogP contribution in [0.3, 0.4) is 0 Å². The van der Waals surface area contributed by atoms with E-state index in [0.29, 0.717) is 5.69 Å². The summed E-state index contributed by atoms with van der Waals surface area (Å²) in [4.78, 5) is 24.0. The van der Waals surface area contributed by atoms with Crippen LogP contribution in [0.4, 0.5) is 15.8 Å². The van der Waals surface area contributed by atoms with Gasteiger partial charge < -0.3 is 15.1 Å². The maximum absolute atomic E-state index is 13.9. The fraction of sp³-hybridized carbons (Fsp3) is 0.0526. The van der Waals surface area contributed by atoms with E-state index in [-0.39, 0.29) is 23.8 Å². The third-order valence-corrected chi connectivity index (χ3v) is 3.45. The fourth-order valence-corrected chi connectivity index (χ4v) is 2.27. The van der Waals surface area contributed by atoms with E-state index >= 15 is 0 Å². The second-order valence-corrected chi connectivity index (χ2v) is 5.34. The third-order valence-electron chi connectivity index (χ3n) is 3.45. The van der Waals surface area contributed by atoms with E-state index in [9.17, 15) is 14.0 Å². The van der Waals surface area contributed by atoms with Crippen LogP contribution in [-0.2, 0) is 11.2 Å². The number of hydrogen-bond acceptors (Lipinski definition) is 3. The minimum absolute atomic E-state index is 0.00169. The quantitative estimate of drug-likeness (QED) is 0.742. The van der Waals surface area contributed by atoms with Crippen LogP contribution in [-0.4, -0.2) is 11.8 Å². The van der Waals surface area contributed by atoms with Gasteiger partial charge in [0, 0.05) is 5.69 Å². The van der Waals surface area contributed by atoms with Crippen LogP contribution in [0, 0.1) is 5.82 Å². The largest absolute Gasteiger partial charge is 0.459 e. The lowest BCUT2D eigenvalue weighted by Gasteiger charge is -2.09. The molecule has 0 aliphatic heterocycles. The van der Waals surface area contributed by atoms with Gasteiger partial charge in [-0.15, -0.1) is 0 Å². The highest BCUT2D eigenvalue weighted by atomic mass is 19.1. The molecule has 2 amide bonds. The van der Waals surface area contributed by atoms with E-state index in [4.69, 9.17) is 4.42 Å². The first-order valence-electron chi connectivity index (χ1n) is 7.60. The molecule has 1 heterocycles. The summed E-state index contributed by atoms with van der Waals surface area (Å²) >= 11 is 0. The molecule has 0 unspecified atom stereocenters. The average Bonchev–Trinajstić information content (AvgIpc) is 3.13. The van der Waals surface area contributed by atoms with Crippen LogP contribution in [0.15, 0.2) is 71.3 Å². The number of benzene rings is 2. The Kier molecular flexibility index (Phi) is 4.89. The highest BCUT2D eigenvalue weighted by molar-refractivity contribution is 6.02. The number of hydrogen-bond donors (Lipinski definition) is 2. The second-order valence-electron chi connectivity index (χ2n) is 5.34. The molecule has 3 rings (SSSR count). The fourth-order valence-electron chi connectivity index (χ4n) is 2.27. The normalized spacial score (nSPS) is 10.3. The Bertz CT molecular complexity index is 877. The molecule has 0 aliphatic rings. The van der Waals surface area contributed by atoms with Crippen molar-refractivity contribution in [2.75, 3.05) is 10.6 Å². The number of carbonyl (C=O) groups excluding carboxylic acids is 2. The van der Waals surface area contributed by atoms with Gasteiger partial charge in [0.15, 0.2) is 5.76 Å². The Hall–Kier alpha value is -3.41. The Morgan fingerprint density at radius 1 is 0.960 bits per heavy atom. The number of halogens is 1. The van der Waals surface area contributed by atoms with E-state index < -0.39 is 11.7 Å². The summed E-state index contributed by atoms with van der Waals surface area (Å²) in [6.07, 6.45) is 1.51. The van der Waals surface area contributed by atoms with Crippen molar-refractivity contribution >= 4 is 23.2 Å². The van der Waals surface area contributed by atoms with E-state index in [1.54, 1.807) is 6.07 Å². The van der Waals surface area contributed by atoms with Crippen LogP contribution in [0.2, 0.25) is 0 Å². The van der Waals surface area contributed by atoms with Crippen molar-refractivity contribution in [2.45, 2.75) is 6.42 Å². The predicted molar refractivity (Wildman–Crippen MR) is 91.8 cm³/mol. The molecule has 6 heteroatoms. The first-order valence-corrected chi connectivity index (χ1v) is 7.60. The van der Waals surface area contributed by atoms with Gasteiger partial charge in [0.1, 0.15) is 5.82 Å². The first kappa shape index (κ1) is 16.4. The summed E-state index contributed by atoms with van der Waals surface area (Å²) < 4.78 is 18.9. The summed E-state index contributed by atoms with van der Waals surface area (Å²) in [5.41, 5.74) is 1.17. The van der Waals surface area contributed by atoms with Crippen LogP contribution in [0.1, 0.15) is 16.1 Å². The third kappa shape index (κ3) is 4.32. The van der Waals surface area contributed by atoms with Crippen molar-refractivity contribution in [1.82, 2.24) is 0 Å². The molecule has 126 valence electrons. The standard InChI is InChI=1S/C19H15FN2O3/c20-15-9-8-14(21-19(24)17-7-4-10-25-17)12-16(15)22-18(23)11-13-5-2-1-3-6-13/h1-10,12H,11H2,(H,21,24)(H,22,23). The van der Waals surface area contributed by atoms with Gasteiger partial charge in [-0.05, 0) is 35.9 Å². The number of rotatable bonds is 5. The van der Waals surface area contributed by atoms with Gasteiger partial charge in [-0.25, -0.2) is 4.39 Å². The van der Waals surface area contributed by atoms with Crippen LogP contribution < -0.4 is 10.6 Å². The smallest absolute Gasteiger partial charge is 0.291 e. The summed E-state index contributed by atoms with van der Waals surface area (Å²) in [5.74, 6) is -1.26. The Morgan fingerprint density at radius 2 is 1.76 bits per heavy atom. The summed E-state index contributed by atoms with van der Waals surface area (Å²) in [7, 11) is 0. The Morgan fingerprint density at radius 3 is 2.48 bits per heavy atom. The monoisotopic (exact) mass is 338 g/mol. The molecule has 0 spiro atoms. The lowest BCUT2D eigenvalue weighted by Crippen LogP contribution is -2.16. The van der Waals surface area contributed by atoms with E-state index in [2.05, 4.69) is 10.6 Å². The van der Waals surface area contributed by atoms with Crippen molar-refractivity contribution < 1.29 is 18.4 Å². The maximum atomic E-state index is 13.9. The predicted octanol–water partition coefficient (Wildman–Crippen LogP) is 3.85. The van der Waals surface area contributed by atoms with Gasteiger partial charge in [0.2, 0.25) is 5.91 Å². The molecule has 25 heavy (non-hydrogen) atoms. The topological polar surface area (TPSA) is 71.3 Å². The van der Waals surface area contributed by atoms with Crippen LogP contribution in [0.25, 0.3) is 0 Å². The molecule has 0 bridgehead atoms. The lowest BCUT2D eigenvalue weighted by molar-refractivity contribution is -0.115.